The van der Waals surface area contributed by atoms with Crippen molar-refractivity contribution in [1.82, 2.24) is 10.2 Å². The van der Waals surface area contributed by atoms with Gasteiger partial charge >= 0.3 is 0 Å². The highest BCUT2D eigenvalue weighted by molar-refractivity contribution is 5.94. The summed E-state index contributed by atoms with van der Waals surface area (Å²) in [5.41, 5.74) is 2.60. The third kappa shape index (κ3) is 5.05. The van der Waals surface area contributed by atoms with Crippen molar-refractivity contribution in [3.05, 3.63) is 65.5 Å². The Hall–Kier alpha value is -2.44. The molecule has 1 aliphatic rings. The lowest BCUT2D eigenvalue weighted by Crippen LogP contribution is -2.43. The molecular weight excluding hydrogens is 345 g/mol. The molecule has 5 nitrogen and oxygen atoms in total. The van der Waals surface area contributed by atoms with Gasteiger partial charge in [-0.15, -0.1) is 0 Å². The van der Waals surface area contributed by atoms with E-state index in [1.807, 2.05) is 14.1 Å². The Bertz CT molecular complexity index is 758. The largest absolute Gasteiger partial charge is 0.379 e. The van der Waals surface area contributed by atoms with Crippen molar-refractivity contribution in [3.63, 3.8) is 0 Å². The van der Waals surface area contributed by atoms with Gasteiger partial charge in [0.2, 0.25) is 0 Å². The van der Waals surface area contributed by atoms with Crippen LogP contribution in [0.1, 0.15) is 22.0 Å². The first-order chi connectivity index (χ1) is 13.0. The zero-order chi connectivity index (χ0) is 19.2. The van der Waals surface area contributed by atoms with Crippen LogP contribution in [0.3, 0.4) is 0 Å². The highest BCUT2D eigenvalue weighted by Crippen LogP contribution is 2.24. The maximum atomic E-state index is 13.4. The molecular formula is C21H26FN3O2. The molecule has 2 aromatic carbocycles. The maximum absolute atomic E-state index is 13.4. The molecule has 0 unspecified atom stereocenters. The average molecular weight is 371 g/mol. The van der Waals surface area contributed by atoms with Crippen LogP contribution >= 0.6 is 0 Å². The summed E-state index contributed by atoms with van der Waals surface area (Å²) in [6.07, 6.45) is 0. The summed E-state index contributed by atoms with van der Waals surface area (Å²) in [6.45, 7) is 3.46. The average Bonchev–Trinajstić information content (AvgIpc) is 2.69. The number of hydrogen-bond donors (Lipinski definition) is 1. The van der Waals surface area contributed by atoms with E-state index in [9.17, 15) is 9.18 Å². The SMILES string of the molecule is CN(C)c1ccc([C@@H](CNC(=O)c2cccc(F)c2)N2CCOCC2)cc1. The first-order valence-electron chi connectivity index (χ1n) is 9.17. The number of halogens is 1. The van der Waals surface area contributed by atoms with Gasteiger partial charge in [-0.2, -0.15) is 0 Å². The molecule has 1 amide bonds. The topological polar surface area (TPSA) is 44.8 Å². The minimum Gasteiger partial charge on any atom is -0.379 e. The van der Waals surface area contributed by atoms with Crippen LogP contribution in [0.5, 0.6) is 0 Å². The first kappa shape index (κ1) is 19.3. The minimum absolute atomic E-state index is 0.0441. The Labute approximate surface area is 159 Å². The van der Waals surface area contributed by atoms with E-state index in [0.29, 0.717) is 25.3 Å². The zero-order valence-electron chi connectivity index (χ0n) is 15.8. The van der Waals surface area contributed by atoms with Crippen molar-refractivity contribution in [2.24, 2.45) is 0 Å². The Morgan fingerprint density at radius 3 is 2.52 bits per heavy atom. The summed E-state index contributed by atoms with van der Waals surface area (Å²) >= 11 is 0. The summed E-state index contributed by atoms with van der Waals surface area (Å²) < 4.78 is 18.8. The van der Waals surface area contributed by atoms with Crippen molar-refractivity contribution < 1.29 is 13.9 Å². The van der Waals surface area contributed by atoms with Gasteiger partial charge in [-0.1, -0.05) is 18.2 Å². The van der Waals surface area contributed by atoms with Crippen LogP contribution in [0.15, 0.2) is 48.5 Å². The molecule has 0 saturated carbocycles. The van der Waals surface area contributed by atoms with Crippen LogP contribution in [0.4, 0.5) is 10.1 Å². The van der Waals surface area contributed by atoms with E-state index in [4.69, 9.17) is 4.74 Å². The van der Waals surface area contributed by atoms with Crippen LogP contribution in [0.2, 0.25) is 0 Å². The van der Waals surface area contributed by atoms with Gasteiger partial charge in [0.25, 0.3) is 5.91 Å². The zero-order valence-corrected chi connectivity index (χ0v) is 15.8. The minimum atomic E-state index is -0.411. The van der Waals surface area contributed by atoms with E-state index in [-0.39, 0.29) is 11.9 Å². The molecule has 0 spiro atoms. The van der Waals surface area contributed by atoms with Crippen molar-refractivity contribution in [3.8, 4) is 0 Å². The maximum Gasteiger partial charge on any atom is 0.251 e. The summed E-state index contributed by atoms with van der Waals surface area (Å²) in [5, 5.41) is 2.96. The second kappa shape index (κ2) is 8.97. The number of ether oxygens (including phenoxy) is 1. The number of nitrogens with one attached hydrogen (secondary N) is 1. The molecule has 2 aromatic rings. The quantitative estimate of drug-likeness (QED) is 0.848. The van der Waals surface area contributed by atoms with Crippen LogP contribution in [-0.2, 0) is 4.74 Å². The molecule has 1 atom stereocenters. The van der Waals surface area contributed by atoms with Gasteiger partial charge in [0.1, 0.15) is 5.82 Å². The normalized spacial score (nSPS) is 16.0. The van der Waals surface area contributed by atoms with Gasteiger partial charge in [0.05, 0.1) is 19.3 Å². The van der Waals surface area contributed by atoms with Crippen molar-refractivity contribution >= 4 is 11.6 Å². The molecule has 1 saturated heterocycles. The molecule has 1 fully saturated rings. The Kier molecular flexibility index (Phi) is 6.42. The van der Waals surface area contributed by atoms with Gasteiger partial charge in [-0.3, -0.25) is 9.69 Å². The number of morpholine rings is 1. The fraction of sp³-hybridized carbons (Fsp3) is 0.381. The number of carbonyl (C=O) groups is 1. The molecule has 144 valence electrons. The molecule has 0 aromatic heterocycles. The van der Waals surface area contributed by atoms with E-state index >= 15 is 0 Å². The third-order valence-electron chi connectivity index (χ3n) is 4.82. The number of nitrogens with zero attached hydrogens (tertiary/aromatic N) is 2. The predicted octanol–water partition coefficient (Wildman–Crippen LogP) is 2.70. The van der Waals surface area contributed by atoms with Gasteiger partial charge in [0.15, 0.2) is 0 Å². The first-order valence-corrected chi connectivity index (χ1v) is 9.17. The van der Waals surface area contributed by atoms with E-state index in [2.05, 4.69) is 39.4 Å². The summed E-state index contributed by atoms with van der Waals surface area (Å²) in [7, 11) is 4.02. The number of benzene rings is 2. The molecule has 6 heteroatoms. The van der Waals surface area contributed by atoms with E-state index in [1.165, 1.54) is 12.1 Å². The number of carbonyl (C=O) groups excluding carboxylic acids is 1. The van der Waals surface area contributed by atoms with Gasteiger partial charge in [-0.05, 0) is 35.9 Å². The fourth-order valence-corrected chi connectivity index (χ4v) is 3.26. The molecule has 0 bridgehead atoms. The fourth-order valence-electron chi connectivity index (χ4n) is 3.26. The summed E-state index contributed by atoms with van der Waals surface area (Å²) in [6, 6.07) is 14.2. The van der Waals surface area contributed by atoms with E-state index in [0.717, 1.165) is 24.3 Å². The van der Waals surface area contributed by atoms with Gasteiger partial charge < -0.3 is 15.0 Å². The van der Waals surface area contributed by atoms with Crippen molar-refractivity contribution in [2.75, 3.05) is 51.8 Å². The lowest BCUT2D eigenvalue weighted by atomic mass is 10.0. The van der Waals surface area contributed by atoms with E-state index < -0.39 is 5.82 Å². The van der Waals surface area contributed by atoms with Crippen LogP contribution < -0.4 is 10.2 Å². The number of hydrogen-bond acceptors (Lipinski definition) is 4. The van der Waals surface area contributed by atoms with E-state index in [1.54, 1.807) is 12.1 Å². The molecule has 0 aliphatic carbocycles. The molecule has 0 radical (unpaired) electrons. The smallest absolute Gasteiger partial charge is 0.251 e. The second-order valence-electron chi connectivity index (χ2n) is 6.87. The third-order valence-corrected chi connectivity index (χ3v) is 4.82. The Morgan fingerprint density at radius 1 is 1.19 bits per heavy atom. The van der Waals surface area contributed by atoms with Crippen LogP contribution in [-0.4, -0.2) is 57.8 Å². The van der Waals surface area contributed by atoms with Crippen molar-refractivity contribution in [2.45, 2.75) is 6.04 Å². The second-order valence-corrected chi connectivity index (χ2v) is 6.87. The highest BCUT2D eigenvalue weighted by atomic mass is 19.1. The number of amides is 1. The van der Waals surface area contributed by atoms with Gasteiger partial charge in [0, 0.05) is 45.0 Å². The monoisotopic (exact) mass is 371 g/mol. The lowest BCUT2D eigenvalue weighted by Gasteiger charge is -2.35. The molecule has 1 heterocycles. The molecule has 3 rings (SSSR count). The van der Waals surface area contributed by atoms with Gasteiger partial charge in [-0.25, -0.2) is 4.39 Å². The molecule has 27 heavy (non-hydrogen) atoms. The van der Waals surface area contributed by atoms with Crippen molar-refractivity contribution in [1.29, 1.82) is 0 Å². The number of rotatable bonds is 6. The summed E-state index contributed by atoms with van der Waals surface area (Å²) in [5.74, 6) is -0.677. The molecule has 1 N–H and O–H groups in total. The lowest BCUT2D eigenvalue weighted by molar-refractivity contribution is 0.0162. The number of anilines is 1. The standard InChI is InChI=1S/C21H26FN3O2/c1-24(2)19-8-6-16(7-9-19)20(25-10-12-27-13-11-25)15-23-21(26)17-4-3-5-18(22)14-17/h3-9,14,20H,10-13,15H2,1-2H3,(H,23,26)/t20-/m1/s1. The van der Waals surface area contributed by atoms with Crippen LogP contribution in [0, 0.1) is 5.82 Å². The van der Waals surface area contributed by atoms with Crippen LogP contribution in [0.25, 0.3) is 0 Å². The Morgan fingerprint density at radius 2 is 1.89 bits per heavy atom. The predicted molar refractivity (Wildman–Crippen MR) is 105 cm³/mol. The highest BCUT2D eigenvalue weighted by Gasteiger charge is 2.23. The molecule has 1 aliphatic heterocycles. The summed E-state index contributed by atoms with van der Waals surface area (Å²) in [4.78, 5) is 16.8. The Balaban J connectivity index is 1.74.